The number of fused-ring (bicyclic) bond motifs is 1. The highest BCUT2D eigenvalue weighted by atomic mass is 32.1. The predicted molar refractivity (Wildman–Crippen MR) is 103 cm³/mol. The molecule has 0 amide bonds. The number of hydrogen-bond acceptors (Lipinski definition) is 6. The van der Waals surface area contributed by atoms with E-state index in [1.54, 1.807) is 17.4 Å². The number of thiophene rings is 2. The number of hydrogen-bond donors (Lipinski definition) is 0. The van der Waals surface area contributed by atoms with Crippen molar-refractivity contribution in [2.45, 2.75) is 0 Å². The third-order valence-corrected chi connectivity index (χ3v) is 5.56. The smallest absolute Gasteiger partial charge is 0.283 e. The Morgan fingerprint density at radius 3 is 2.92 bits per heavy atom. The number of aromatic nitrogens is 2. The van der Waals surface area contributed by atoms with Crippen LogP contribution in [0.4, 0.5) is 4.39 Å². The van der Waals surface area contributed by atoms with Gasteiger partial charge in [0.25, 0.3) is 5.56 Å². The van der Waals surface area contributed by atoms with Crippen molar-refractivity contribution >= 4 is 39.1 Å². The van der Waals surface area contributed by atoms with Crippen LogP contribution in [0.15, 0.2) is 57.3 Å². The average Bonchev–Trinajstić information content (AvgIpc) is 3.31. The molecule has 0 aliphatic rings. The molecule has 4 aromatic rings. The highest BCUT2D eigenvalue weighted by molar-refractivity contribution is 7.18. The van der Waals surface area contributed by atoms with Crippen LogP contribution in [0.2, 0.25) is 0 Å². The summed E-state index contributed by atoms with van der Waals surface area (Å²) in [5.41, 5.74) is 1.11. The van der Waals surface area contributed by atoms with Gasteiger partial charge in [0.1, 0.15) is 11.2 Å². The molecule has 8 heteroatoms. The van der Waals surface area contributed by atoms with Gasteiger partial charge in [-0.1, -0.05) is 6.07 Å². The lowest BCUT2D eigenvalue weighted by Gasteiger charge is -2.02. The van der Waals surface area contributed by atoms with Crippen LogP contribution in [0, 0.1) is 5.82 Å². The minimum absolute atomic E-state index is 0.154. The van der Waals surface area contributed by atoms with Crippen LogP contribution >= 0.6 is 22.7 Å². The van der Waals surface area contributed by atoms with Crippen molar-refractivity contribution in [3.05, 3.63) is 69.2 Å². The summed E-state index contributed by atoms with van der Waals surface area (Å²) in [6.45, 7) is 0. The minimum atomic E-state index is -0.491. The molecule has 0 N–H and O–H groups in total. The van der Waals surface area contributed by atoms with Gasteiger partial charge >= 0.3 is 0 Å². The van der Waals surface area contributed by atoms with Gasteiger partial charge in [0.05, 0.1) is 18.7 Å². The SMILES string of the molecule is COc1ccc(/C=N\n2cnc3scc(-c4cccs4)c3c2=O)cc1F. The first-order valence-corrected chi connectivity index (χ1v) is 9.34. The summed E-state index contributed by atoms with van der Waals surface area (Å²) in [6, 6.07) is 8.36. The van der Waals surface area contributed by atoms with Gasteiger partial charge in [-0.3, -0.25) is 4.79 Å². The van der Waals surface area contributed by atoms with E-state index in [-0.39, 0.29) is 11.3 Å². The number of benzene rings is 1. The Morgan fingerprint density at radius 2 is 2.19 bits per heavy atom. The Bertz CT molecular complexity index is 1160. The molecule has 0 fully saturated rings. The summed E-state index contributed by atoms with van der Waals surface area (Å²) in [4.78, 5) is 18.8. The van der Waals surface area contributed by atoms with E-state index in [0.717, 1.165) is 15.1 Å². The van der Waals surface area contributed by atoms with Crippen LogP contribution in [0.1, 0.15) is 5.56 Å². The molecule has 0 unspecified atom stereocenters. The average molecular weight is 385 g/mol. The van der Waals surface area contributed by atoms with Gasteiger partial charge < -0.3 is 4.74 Å². The molecule has 26 heavy (non-hydrogen) atoms. The summed E-state index contributed by atoms with van der Waals surface area (Å²) in [6.07, 6.45) is 2.78. The van der Waals surface area contributed by atoms with E-state index in [4.69, 9.17) is 4.74 Å². The summed E-state index contributed by atoms with van der Waals surface area (Å²) in [5, 5.41) is 8.57. The molecule has 0 radical (unpaired) electrons. The second-order valence-corrected chi connectivity index (χ2v) is 7.15. The minimum Gasteiger partial charge on any atom is -0.494 e. The first-order chi connectivity index (χ1) is 12.7. The number of halogens is 1. The molecule has 5 nitrogen and oxygen atoms in total. The second-order valence-electron chi connectivity index (χ2n) is 5.34. The van der Waals surface area contributed by atoms with Gasteiger partial charge in [0.2, 0.25) is 0 Å². The maximum Gasteiger partial charge on any atom is 0.283 e. The van der Waals surface area contributed by atoms with Gasteiger partial charge in [0, 0.05) is 15.8 Å². The molecule has 0 bridgehead atoms. The first-order valence-electron chi connectivity index (χ1n) is 7.58. The largest absolute Gasteiger partial charge is 0.494 e. The van der Waals surface area contributed by atoms with E-state index < -0.39 is 5.82 Å². The summed E-state index contributed by atoms with van der Waals surface area (Å²) in [7, 11) is 1.40. The van der Waals surface area contributed by atoms with Crippen LogP contribution < -0.4 is 10.3 Å². The molecule has 0 saturated heterocycles. The number of rotatable bonds is 4. The Morgan fingerprint density at radius 1 is 1.31 bits per heavy atom. The van der Waals surface area contributed by atoms with Crippen LogP contribution in [0.5, 0.6) is 5.75 Å². The first kappa shape index (κ1) is 16.6. The standard InChI is InChI=1S/C18H12FN3O2S2/c1-24-14-5-4-11(7-13(14)19)8-21-22-10-20-17-16(18(22)23)12(9-26-17)15-3-2-6-25-15/h2-10H,1H3/b21-8-. The third-order valence-electron chi connectivity index (χ3n) is 3.77. The van der Waals surface area contributed by atoms with E-state index >= 15 is 0 Å². The summed E-state index contributed by atoms with van der Waals surface area (Å²) >= 11 is 2.99. The fourth-order valence-corrected chi connectivity index (χ4v) is 4.23. The predicted octanol–water partition coefficient (Wildman–Crippen LogP) is 4.22. The van der Waals surface area contributed by atoms with E-state index in [1.807, 2.05) is 22.9 Å². The van der Waals surface area contributed by atoms with Gasteiger partial charge in [-0.15, -0.1) is 22.7 Å². The quantitative estimate of drug-likeness (QED) is 0.494. The monoisotopic (exact) mass is 385 g/mol. The zero-order valence-electron chi connectivity index (χ0n) is 13.5. The number of methoxy groups -OCH3 is 1. The fourth-order valence-electron chi connectivity index (χ4n) is 2.51. The normalized spacial score (nSPS) is 11.5. The molecule has 0 aliphatic heterocycles. The summed E-state index contributed by atoms with van der Waals surface area (Å²) in [5.74, 6) is -0.337. The van der Waals surface area contributed by atoms with Crippen molar-refractivity contribution in [3.63, 3.8) is 0 Å². The highest BCUT2D eigenvalue weighted by Gasteiger charge is 2.13. The molecule has 0 atom stereocenters. The van der Waals surface area contributed by atoms with Crippen molar-refractivity contribution in [3.8, 4) is 16.2 Å². The van der Waals surface area contributed by atoms with Gasteiger partial charge in [-0.25, -0.2) is 9.37 Å². The van der Waals surface area contributed by atoms with Crippen LogP contribution in [0.3, 0.4) is 0 Å². The Hall–Kier alpha value is -2.84. The molecule has 0 spiro atoms. The molecule has 3 heterocycles. The summed E-state index contributed by atoms with van der Waals surface area (Å²) < 4.78 is 19.8. The van der Waals surface area contributed by atoms with Crippen molar-refractivity contribution in [1.29, 1.82) is 0 Å². The van der Waals surface area contributed by atoms with E-state index in [0.29, 0.717) is 15.8 Å². The van der Waals surface area contributed by atoms with Crippen LogP contribution in [-0.4, -0.2) is 23.0 Å². The maximum absolute atomic E-state index is 13.8. The van der Waals surface area contributed by atoms with Crippen molar-refractivity contribution in [2.75, 3.05) is 7.11 Å². The molecule has 0 saturated carbocycles. The van der Waals surface area contributed by atoms with E-state index in [9.17, 15) is 9.18 Å². The lowest BCUT2D eigenvalue weighted by atomic mass is 10.2. The van der Waals surface area contributed by atoms with Gasteiger partial charge in [0.15, 0.2) is 11.6 Å². The van der Waals surface area contributed by atoms with Crippen LogP contribution in [-0.2, 0) is 0 Å². The molecular formula is C18H12FN3O2S2. The molecule has 3 aromatic heterocycles. The molecule has 1 aromatic carbocycles. The van der Waals surface area contributed by atoms with Crippen molar-refractivity contribution in [1.82, 2.24) is 9.66 Å². The maximum atomic E-state index is 13.8. The topological polar surface area (TPSA) is 56.5 Å². The second kappa shape index (κ2) is 6.81. The van der Waals surface area contributed by atoms with Gasteiger partial charge in [-0.05, 0) is 35.2 Å². The molecule has 4 rings (SSSR count). The third kappa shape index (κ3) is 2.93. The number of nitrogens with zero attached hydrogens (tertiary/aromatic N) is 3. The highest BCUT2D eigenvalue weighted by Crippen LogP contribution is 2.33. The fraction of sp³-hybridized carbons (Fsp3) is 0.0556. The Labute approximate surface area is 155 Å². The number of ether oxygens (including phenoxy) is 1. The lowest BCUT2D eigenvalue weighted by Crippen LogP contribution is -2.16. The Balaban J connectivity index is 1.75. The Kier molecular flexibility index (Phi) is 4.36. The zero-order chi connectivity index (χ0) is 18.1. The van der Waals surface area contributed by atoms with E-state index in [1.165, 1.54) is 43.1 Å². The molecule has 130 valence electrons. The molecule has 0 aliphatic carbocycles. The van der Waals surface area contributed by atoms with Crippen LogP contribution in [0.25, 0.3) is 20.7 Å². The molecular weight excluding hydrogens is 373 g/mol. The van der Waals surface area contributed by atoms with Crippen molar-refractivity contribution < 1.29 is 9.13 Å². The zero-order valence-corrected chi connectivity index (χ0v) is 15.2. The van der Waals surface area contributed by atoms with Gasteiger partial charge in [-0.2, -0.15) is 9.78 Å². The van der Waals surface area contributed by atoms with Crippen molar-refractivity contribution in [2.24, 2.45) is 5.10 Å². The lowest BCUT2D eigenvalue weighted by molar-refractivity contribution is 0.386. The van der Waals surface area contributed by atoms with E-state index in [2.05, 4.69) is 10.1 Å².